The minimum atomic E-state index is -0.609. The highest BCUT2D eigenvalue weighted by Crippen LogP contribution is 2.21. The fraction of sp³-hybridized carbons (Fsp3) is 0.429. The molecule has 5 nitrogen and oxygen atoms in total. The fourth-order valence-electron chi connectivity index (χ4n) is 1.56. The Morgan fingerprint density at radius 2 is 1.84 bits per heavy atom. The Morgan fingerprint density at radius 1 is 1.26 bits per heavy atom. The SMILES string of the molecule is Cc1cc(C(N)=O)ccc1NC(=O)C(N)C(C)(C)C. The monoisotopic (exact) mass is 263 g/mol. The molecule has 0 aliphatic rings. The van der Waals surface area contributed by atoms with Gasteiger partial charge in [-0.3, -0.25) is 9.59 Å². The van der Waals surface area contributed by atoms with Gasteiger partial charge in [-0.15, -0.1) is 0 Å². The molecule has 0 radical (unpaired) electrons. The molecule has 0 saturated heterocycles. The molecule has 0 saturated carbocycles. The molecule has 1 aromatic rings. The molecule has 1 rings (SSSR count). The quantitative estimate of drug-likeness (QED) is 0.768. The summed E-state index contributed by atoms with van der Waals surface area (Å²) in [6.45, 7) is 7.51. The summed E-state index contributed by atoms with van der Waals surface area (Å²) in [6, 6.07) is 4.26. The third-order valence-corrected chi connectivity index (χ3v) is 2.98. The number of aryl methyl sites for hydroxylation is 1. The summed E-state index contributed by atoms with van der Waals surface area (Å²) in [6.07, 6.45) is 0. The van der Waals surface area contributed by atoms with Crippen molar-refractivity contribution in [3.8, 4) is 0 Å². The zero-order chi connectivity index (χ0) is 14.8. The van der Waals surface area contributed by atoms with Crippen molar-refractivity contribution < 1.29 is 9.59 Å². The summed E-state index contributed by atoms with van der Waals surface area (Å²) in [7, 11) is 0. The maximum Gasteiger partial charge on any atom is 0.248 e. The fourth-order valence-corrected chi connectivity index (χ4v) is 1.56. The number of hydrogen-bond acceptors (Lipinski definition) is 3. The predicted molar refractivity (Wildman–Crippen MR) is 75.8 cm³/mol. The lowest BCUT2D eigenvalue weighted by Gasteiger charge is -2.26. The molecule has 0 aliphatic heterocycles. The summed E-state index contributed by atoms with van der Waals surface area (Å²) in [4.78, 5) is 23.0. The maximum atomic E-state index is 12.0. The van der Waals surface area contributed by atoms with Crippen molar-refractivity contribution in [2.75, 3.05) is 5.32 Å². The van der Waals surface area contributed by atoms with Gasteiger partial charge in [0, 0.05) is 11.3 Å². The van der Waals surface area contributed by atoms with Crippen LogP contribution in [0.4, 0.5) is 5.69 Å². The van der Waals surface area contributed by atoms with Crippen LogP contribution in [-0.2, 0) is 4.79 Å². The van der Waals surface area contributed by atoms with Crippen LogP contribution in [0.5, 0.6) is 0 Å². The normalized spacial score (nSPS) is 12.9. The van der Waals surface area contributed by atoms with Crippen LogP contribution in [0.2, 0.25) is 0 Å². The lowest BCUT2D eigenvalue weighted by atomic mass is 9.87. The van der Waals surface area contributed by atoms with Gasteiger partial charge in [0.05, 0.1) is 6.04 Å². The number of nitrogens with two attached hydrogens (primary N) is 2. The second-order valence-electron chi connectivity index (χ2n) is 5.73. The van der Waals surface area contributed by atoms with E-state index in [1.54, 1.807) is 25.1 Å². The van der Waals surface area contributed by atoms with E-state index in [4.69, 9.17) is 11.5 Å². The highest BCUT2D eigenvalue weighted by atomic mass is 16.2. The number of nitrogens with one attached hydrogen (secondary N) is 1. The standard InChI is InChI=1S/C14H21N3O2/c1-8-7-9(12(16)18)5-6-10(8)17-13(19)11(15)14(2,3)4/h5-7,11H,15H2,1-4H3,(H2,16,18)(H,17,19). The van der Waals surface area contributed by atoms with E-state index in [1.807, 2.05) is 20.8 Å². The first-order chi connectivity index (χ1) is 8.62. The average Bonchev–Trinajstić information content (AvgIpc) is 2.29. The molecule has 104 valence electrons. The summed E-state index contributed by atoms with van der Waals surface area (Å²) >= 11 is 0. The second kappa shape index (κ2) is 5.40. The molecule has 2 amide bonds. The van der Waals surface area contributed by atoms with Crippen LogP contribution in [0.25, 0.3) is 0 Å². The molecule has 1 atom stereocenters. The molecule has 0 fully saturated rings. The van der Waals surface area contributed by atoms with Crippen molar-refractivity contribution >= 4 is 17.5 Å². The minimum absolute atomic E-state index is 0.248. The number of benzene rings is 1. The molecular weight excluding hydrogens is 242 g/mol. The van der Waals surface area contributed by atoms with Crippen LogP contribution in [0.3, 0.4) is 0 Å². The Hall–Kier alpha value is -1.88. The lowest BCUT2D eigenvalue weighted by molar-refractivity contribution is -0.119. The number of anilines is 1. The van der Waals surface area contributed by atoms with E-state index in [0.717, 1.165) is 5.56 Å². The summed E-state index contributed by atoms with van der Waals surface area (Å²) < 4.78 is 0. The zero-order valence-corrected chi connectivity index (χ0v) is 11.8. The van der Waals surface area contributed by atoms with Crippen molar-refractivity contribution in [3.05, 3.63) is 29.3 Å². The number of carbonyl (C=O) groups excluding carboxylic acids is 2. The van der Waals surface area contributed by atoms with Crippen molar-refractivity contribution in [2.24, 2.45) is 16.9 Å². The van der Waals surface area contributed by atoms with Crippen molar-refractivity contribution in [1.29, 1.82) is 0 Å². The lowest BCUT2D eigenvalue weighted by Crippen LogP contribution is -2.45. The predicted octanol–water partition coefficient (Wildman–Crippen LogP) is 1.41. The number of hydrogen-bond donors (Lipinski definition) is 3. The van der Waals surface area contributed by atoms with Gasteiger partial charge in [-0.05, 0) is 36.1 Å². The van der Waals surface area contributed by atoms with Crippen LogP contribution in [-0.4, -0.2) is 17.9 Å². The van der Waals surface area contributed by atoms with E-state index in [9.17, 15) is 9.59 Å². The molecule has 0 aliphatic carbocycles. The highest BCUT2D eigenvalue weighted by molar-refractivity contribution is 5.97. The van der Waals surface area contributed by atoms with Crippen LogP contribution >= 0.6 is 0 Å². The van der Waals surface area contributed by atoms with E-state index in [0.29, 0.717) is 11.3 Å². The van der Waals surface area contributed by atoms with Gasteiger partial charge in [0.15, 0.2) is 0 Å². The largest absolute Gasteiger partial charge is 0.366 e. The first-order valence-corrected chi connectivity index (χ1v) is 6.10. The van der Waals surface area contributed by atoms with Gasteiger partial charge in [-0.2, -0.15) is 0 Å². The minimum Gasteiger partial charge on any atom is -0.366 e. The third-order valence-electron chi connectivity index (χ3n) is 2.98. The van der Waals surface area contributed by atoms with Gasteiger partial charge in [0.2, 0.25) is 11.8 Å². The molecule has 1 aromatic carbocycles. The van der Waals surface area contributed by atoms with Crippen LogP contribution in [0.1, 0.15) is 36.7 Å². The van der Waals surface area contributed by atoms with E-state index < -0.39 is 11.9 Å². The Kier molecular flexibility index (Phi) is 4.32. The third kappa shape index (κ3) is 3.79. The summed E-state index contributed by atoms with van der Waals surface area (Å²) in [5.41, 5.74) is 12.6. The Bertz CT molecular complexity index is 504. The molecule has 5 heteroatoms. The summed E-state index contributed by atoms with van der Waals surface area (Å²) in [5, 5.41) is 2.77. The molecule has 0 heterocycles. The average molecular weight is 263 g/mol. The van der Waals surface area contributed by atoms with Crippen LogP contribution in [0, 0.1) is 12.3 Å². The number of rotatable bonds is 3. The number of primary amides is 1. The molecule has 0 bridgehead atoms. The number of carbonyl (C=O) groups is 2. The van der Waals surface area contributed by atoms with E-state index in [-0.39, 0.29) is 11.3 Å². The van der Waals surface area contributed by atoms with Gasteiger partial charge >= 0.3 is 0 Å². The van der Waals surface area contributed by atoms with E-state index in [1.165, 1.54) is 0 Å². The van der Waals surface area contributed by atoms with Crippen molar-refractivity contribution in [2.45, 2.75) is 33.7 Å². The molecule has 1 unspecified atom stereocenters. The molecular formula is C14H21N3O2. The molecule has 19 heavy (non-hydrogen) atoms. The van der Waals surface area contributed by atoms with E-state index >= 15 is 0 Å². The topological polar surface area (TPSA) is 98.2 Å². The Morgan fingerprint density at radius 3 is 2.26 bits per heavy atom. The Balaban J connectivity index is 2.89. The van der Waals surface area contributed by atoms with Crippen molar-refractivity contribution in [1.82, 2.24) is 0 Å². The van der Waals surface area contributed by atoms with Gasteiger partial charge in [0.25, 0.3) is 0 Å². The van der Waals surface area contributed by atoms with E-state index in [2.05, 4.69) is 5.32 Å². The number of amides is 2. The first-order valence-electron chi connectivity index (χ1n) is 6.10. The smallest absolute Gasteiger partial charge is 0.248 e. The van der Waals surface area contributed by atoms with Crippen molar-refractivity contribution in [3.63, 3.8) is 0 Å². The maximum absolute atomic E-state index is 12.0. The van der Waals surface area contributed by atoms with Gasteiger partial charge in [0.1, 0.15) is 0 Å². The highest BCUT2D eigenvalue weighted by Gasteiger charge is 2.27. The first kappa shape index (κ1) is 15.2. The van der Waals surface area contributed by atoms with Crippen LogP contribution < -0.4 is 16.8 Å². The van der Waals surface area contributed by atoms with Gasteiger partial charge in [-0.1, -0.05) is 20.8 Å². The molecule has 5 N–H and O–H groups in total. The van der Waals surface area contributed by atoms with Gasteiger partial charge < -0.3 is 16.8 Å². The molecule has 0 aromatic heterocycles. The summed E-state index contributed by atoms with van der Waals surface area (Å²) in [5.74, 6) is -0.741. The Labute approximate surface area is 113 Å². The van der Waals surface area contributed by atoms with Gasteiger partial charge in [-0.25, -0.2) is 0 Å². The zero-order valence-electron chi connectivity index (χ0n) is 11.8. The van der Waals surface area contributed by atoms with Crippen LogP contribution in [0.15, 0.2) is 18.2 Å². The molecule has 0 spiro atoms. The second-order valence-corrected chi connectivity index (χ2v) is 5.73.